The molecule has 1 aromatic heterocycles. The predicted octanol–water partition coefficient (Wildman–Crippen LogP) is 2.95. The Morgan fingerprint density at radius 1 is 1.14 bits per heavy atom. The largest absolute Gasteiger partial charge is 0.508 e. The van der Waals surface area contributed by atoms with Crippen LogP contribution in [0.3, 0.4) is 0 Å². The van der Waals surface area contributed by atoms with E-state index < -0.39 is 5.97 Å². The molecular weight excluding hydrogens is 286 g/mol. The summed E-state index contributed by atoms with van der Waals surface area (Å²) in [5.41, 5.74) is 1.51. The van der Waals surface area contributed by atoms with Crippen molar-refractivity contribution in [3.8, 4) is 28.6 Å². The Labute approximate surface area is 125 Å². The Kier molecular flexibility index (Phi) is 3.14. The number of nitrogens with one attached hydrogen (secondary N) is 1. The van der Waals surface area contributed by atoms with Crippen molar-refractivity contribution in [2.45, 2.75) is 0 Å². The van der Waals surface area contributed by atoms with Gasteiger partial charge in [-0.05, 0) is 23.8 Å². The average molecular weight is 299 g/mol. The standard InChI is InChI=1S/C16H13NO5/c1-22-15-13-11(6-10(18)7-12(13)19)14(17-15)8-2-4-9(5-3-8)16(20)21/h2-7,17-19H,1H3,(H,20,21). The summed E-state index contributed by atoms with van der Waals surface area (Å²) in [5, 5.41) is 29.7. The number of carboxylic acids is 1. The van der Waals surface area contributed by atoms with Crippen molar-refractivity contribution in [2.24, 2.45) is 0 Å². The number of hydrogen-bond donors (Lipinski definition) is 4. The van der Waals surface area contributed by atoms with Crippen LogP contribution in [0.2, 0.25) is 0 Å². The maximum absolute atomic E-state index is 10.9. The lowest BCUT2D eigenvalue weighted by atomic mass is 10.0. The molecule has 0 amide bonds. The van der Waals surface area contributed by atoms with Gasteiger partial charge in [0.15, 0.2) is 0 Å². The number of methoxy groups -OCH3 is 1. The van der Waals surface area contributed by atoms with Crippen LogP contribution in [0.1, 0.15) is 10.4 Å². The molecule has 0 aliphatic rings. The van der Waals surface area contributed by atoms with Gasteiger partial charge in [-0.3, -0.25) is 0 Å². The number of phenolic OH excluding ortho intramolecular Hbond substituents is 2. The summed E-state index contributed by atoms with van der Waals surface area (Å²) in [5.74, 6) is -0.813. The van der Waals surface area contributed by atoms with Gasteiger partial charge >= 0.3 is 5.97 Å². The fraction of sp³-hybridized carbons (Fsp3) is 0.0625. The Balaban J connectivity index is 2.24. The molecular formula is C16H13NO5. The number of aromatic amines is 1. The van der Waals surface area contributed by atoms with Crippen molar-refractivity contribution in [2.75, 3.05) is 7.11 Å². The molecule has 0 saturated carbocycles. The van der Waals surface area contributed by atoms with Crippen molar-refractivity contribution in [3.63, 3.8) is 0 Å². The lowest BCUT2D eigenvalue weighted by Gasteiger charge is -2.02. The zero-order chi connectivity index (χ0) is 15.9. The van der Waals surface area contributed by atoms with Gasteiger partial charge in [0.05, 0.1) is 23.8 Å². The van der Waals surface area contributed by atoms with Crippen LogP contribution in [-0.4, -0.2) is 33.4 Å². The summed E-state index contributed by atoms with van der Waals surface area (Å²) in [7, 11) is 1.47. The van der Waals surface area contributed by atoms with E-state index in [9.17, 15) is 15.0 Å². The predicted molar refractivity (Wildman–Crippen MR) is 80.6 cm³/mol. The molecule has 3 aromatic rings. The number of phenols is 2. The highest BCUT2D eigenvalue weighted by Gasteiger charge is 2.17. The monoisotopic (exact) mass is 299 g/mol. The van der Waals surface area contributed by atoms with Gasteiger partial charge in [-0.25, -0.2) is 4.79 Å². The van der Waals surface area contributed by atoms with E-state index in [1.807, 2.05) is 0 Å². The maximum atomic E-state index is 10.9. The fourth-order valence-electron chi connectivity index (χ4n) is 2.45. The van der Waals surface area contributed by atoms with Crippen LogP contribution in [0.4, 0.5) is 0 Å². The van der Waals surface area contributed by atoms with Gasteiger partial charge in [0.25, 0.3) is 0 Å². The molecule has 0 radical (unpaired) electrons. The number of benzene rings is 2. The minimum atomic E-state index is -1.00. The van der Waals surface area contributed by atoms with Gasteiger partial charge in [-0.15, -0.1) is 0 Å². The third-order valence-corrected chi connectivity index (χ3v) is 3.46. The summed E-state index contributed by atoms with van der Waals surface area (Å²) < 4.78 is 5.22. The van der Waals surface area contributed by atoms with Gasteiger partial charge in [0.2, 0.25) is 5.88 Å². The first kappa shape index (κ1) is 13.8. The van der Waals surface area contributed by atoms with Crippen molar-refractivity contribution in [1.82, 2.24) is 4.98 Å². The number of aromatic hydroxyl groups is 2. The normalized spacial score (nSPS) is 10.8. The average Bonchev–Trinajstić information content (AvgIpc) is 2.86. The van der Waals surface area contributed by atoms with Gasteiger partial charge < -0.3 is 25.0 Å². The van der Waals surface area contributed by atoms with E-state index >= 15 is 0 Å². The van der Waals surface area contributed by atoms with E-state index in [1.165, 1.54) is 31.4 Å². The van der Waals surface area contributed by atoms with Crippen LogP contribution >= 0.6 is 0 Å². The Morgan fingerprint density at radius 3 is 2.41 bits per heavy atom. The third kappa shape index (κ3) is 2.10. The highest BCUT2D eigenvalue weighted by molar-refractivity contribution is 6.04. The summed E-state index contributed by atoms with van der Waals surface area (Å²) in [6.07, 6.45) is 0. The van der Waals surface area contributed by atoms with Crippen LogP contribution in [0.5, 0.6) is 17.4 Å². The lowest BCUT2D eigenvalue weighted by Crippen LogP contribution is -1.95. The molecule has 112 valence electrons. The molecule has 6 nitrogen and oxygen atoms in total. The highest BCUT2D eigenvalue weighted by Crippen LogP contribution is 2.41. The highest BCUT2D eigenvalue weighted by atomic mass is 16.5. The molecule has 2 aromatic carbocycles. The van der Waals surface area contributed by atoms with Crippen molar-refractivity contribution in [3.05, 3.63) is 42.0 Å². The second-order valence-corrected chi connectivity index (χ2v) is 4.80. The maximum Gasteiger partial charge on any atom is 0.335 e. The number of carboxylic acid groups (broad SMARTS) is 1. The molecule has 1 heterocycles. The van der Waals surface area contributed by atoms with E-state index in [-0.39, 0.29) is 17.1 Å². The second-order valence-electron chi connectivity index (χ2n) is 4.80. The summed E-state index contributed by atoms with van der Waals surface area (Å²) in [4.78, 5) is 13.9. The van der Waals surface area contributed by atoms with Crippen LogP contribution < -0.4 is 4.74 Å². The van der Waals surface area contributed by atoms with E-state index in [1.54, 1.807) is 12.1 Å². The molecule has 22 heavy (non-hydrogen) atoms. The topological polar surface area (TPSA) is 103 Å². The summed E-state index contributed by atoms with van der Waals surface area (Å²) >= 11 is 0. The zero-order valence-electron chi connectivity index (χ0n) is 11.6. The van der Waals surface area contributed by atoms with Crippen LogP contribution in [0.25, 0.3) is 22.0 Å². The first-order valence-corrected chi connectivity index (χ1v) is 6.46. The zero-order valence-corrected chi connectivity index (χ0v) is 11.6. The molecule has 0 atom stereocenters. The van der Waals surface area contributed by atoms with Crippen molar-refractivity contribution >= 4 is 16.7 Å². The number of carbonyl (C=O) groups is 1. The minimum absolute atomic E-state index is 0.0740. The molecule has 0 aliphatic heterocycles. The quantitative estimate of drug-likeness (QED) is 0.595. The van der Waals surface area contributed by atoms with Gasteiger partial charge in [-0.1, -0.05) is 12.1 Å². The van der Waals surface area contributed by atoms with E-state index in [4.69, 9.17) is 9.84 Å². The van der Waals surface area contributed by atoms with Crippen LogP contribution in [-0.2, 0) is 0 Å². The Hall–Kier alpha value is -3.15. The number of fused-ring (bicyclic) bond motifs is 1. The molecule has 0 spiro atoms. The third-order valence-electron chi connectivity index (χ3n) is 3.46. The van der Waals surface area contributed by atoms with E-state index in [2.05, 4.69) is 4.98 Å². The smallest absolute Gasteiger partial charge is 0.335 e. The minimum Gasteiger partial charge on any atom is -0.508 e. The summed E-state index contributed by atoms with van der Waals surface area (Å²) in [6.45, 7) is 0. The van der Waals surface area contributed by atoms with Crippen LogP contribution in [0, 0.1) is 0 Å². The van der Waals surface area contributed by atoms with E-state index in [0.717, 1.165) is 0 Å². The first-order chi connectivity index (χ1) is 10.5. The molecule has 3 rings (SSSR count). The molecule has 6 heteroatoms. The number of rotatable bonds is 3. The Bertz CT molecular complexity index is 864. The van der Waals surface area contributed by atoms with Crippen molar-refractivity contribution in [1.29, 1.82) is 0 Å². The number of hydrogen-bond acceptors (Lipinski definition) is 4. The van der Waals surface area contributed by atoms with Crippen LogP contribution in [0.15, 0.2) is 36.4 Å². The van der Waals surface area contributed by atoms with Gasteiger partial charge in [-0.2, -0.15) is 0 Å². The molecule has 0 aliphatic carbocycles. The molecule has 0 bridgehead atoms. The molecule has 0 saturated heterocycles. The van der Waals surface area contributed by atoms with Gasteiger partial charge in [0.1, 0.15) is 11.5 Å². The summed E-state index contributed by atoms with van der Waals surface area (Å²) in [6, 6.07) is 9.01. The number of aromatic nitrogens is 1. The van der Waals surface area contributed by atoms with Gasteiger partial charge in [0, 0.05) is 11.5 Å². The first-order valence-electron chi connectivity index (χ1n) is 6.46. The SMILES string of the molecule is COc1[nH]c(-c2ccc(C(=O)O)cc2)c2cc(O)cc(O)c12. The van der Waals surface area contributed by atoms with E-state index in [0.29, 0.717) is 27.9 Å². The molecule has 0 unspecified atom stereocenters. The lowest BCUT2D eigenvalue weighted by molar-refractivity contribution is 0.0697. The number of H-pyrrole nitrogens is 1. The molecule has 0 fully saturated rings. The number of aromatic carboxylic acids is 1. The number of ether oxygens (including phenoxy) is 1. The second kappa shape index (κ2) is 5.00. The van der Waals surface area contributed by atoms with Crippen molar-refractivity contribution < 1.29 is 24.9 Å². The fourth-order valence-corrected chi connectivity index (χ4v) is 2.45. The molecule has 4 N–H and O–H groups in total. The Morgan fingerprint density at radius 2 is 1.82 bits per heavy atom.